The number of imide groups is 1. The third-order valence-corrected chi connectivity index (χ3v) is 13.0. The van der Waals surface area contributed by atoms with Gasteiger partial charge in [0, 0.05) is 79.3 Å². The van der Waals surface area contributed by atoms with Gasteiger partial charge in [-0.2, -0.15) is 31.6 Å². The van der Waals surface area contributed by atoms with Gasteiger partial charge in [0.1, 0.15) is 37.6 Å². The molecule has 1 aliphatic rings. The zero-order valence-corrected chi connectivity index (χ0v) is 75.7. The first-order valence-electron chi connectivity index (χ1n) is 29.9. The molecule has 16 unspecified atom stereocenters. The third kappa shape index (κ3) is 66.0. The van der Waals surface area contributed by atoms with Crippen LogP contribution in [0, 0.1) is 0 Å². The summed E-state index contributed by atoms with van der Waals surface area (Å²) >= 11 is 13.4. The van der Waals surface area contributed by atoms with Gasteiger partial charge in [-0.3, -0.25) is 28.9 Å². The van der Waals surface area contributed by atoms with E-state index in [1.807, 2.05) is 13.8 Å². The summed E-state index contributed by atoms with van der Waals surface area (Å²) in [7, 11) is 6.27. The molecule has 0 spiro atoms. The monoisotopic (exact) mass is 2170 g/mol. The number of methoxy groups -OCH3 is 3. The van der Waals surface area contributed by atoms with Crippen molar-refractivity contribution in [1.29, 1.82) is 0 Å². The van der Waals surface area contributed by atoms with Crippen LogP contribution >= 0.6 is 131 Å². The van der Waals surface area contributed by atoms with E-state index >= 15 is 0 Å². The topological polar surface area (TPSA) is 469 Å². The third-order valence-electron chi connectivity index (χ3n) is 12.0. The molecular weight excluding hydrogens is 2060 g/mol. The molecule has 1 aliphatic heterocycles. The molecule has 1 saturated heterocycles. The number of oxime groups is 2. The molecule has 12 N–H and O–H groups in total. The van der Waals surface area contributed by atoms with Crippen molar-refractivity contribution in [3.05, 3.63) is 0 Å². The Kier molecular flexibility index (Phi) is 94.3. The zero-order chi connectivity index (χ0) is 73.5. The van der Waals surface area contributed by atoms with Crippen molar-refractivity contribution in [3.8, 4) is 0 Å². The van der Waals surface area contributed by atoms with Crippen LogP contribution in [0.4, 0.5) is 0 Å². The number of aliphatic hydroxyl groups is 10. The molecule has 1 rings (SSSR count). The van der Waals surface area contributed by atoms with E-state index in [2.05, 4.69) is 121 Å². The average Bonchev–Trinajstić information content (AvgIpc) is 1.70. The first kappa shape index (κ1) is 115. The molecule has 0 aromatic rings. The maximum absolute atomic E-state index is 12.1. The molecule has 1 fully saturated rings. The maximum Gasteiger partial charge on any atom is 0 e. The van der Waals surface area contributed by atoms with Gasteiger partial charge in [0.05, 0.1) is 115 Å². The first-order chi connectivity index (χ1) is 46.0. The van der Waals surface area contributed by atoms with E-state index < -0.39 is 118 Å². The number of nitrogens with zero attached hydrogens (tertiary/aromatic N) is 3. The molecule has 0 saturated carbocycles. The number of nitrogens with one attached hydrogen (secondary N) is 2. The standard InChI is InChI=1S/C23H41N3O12S.C19H38N2O9.C12H24O8.5HI.2H3P.3V/c1-4-16(10-27)37-22(12-29)35-14-17(11-28)38-21(34-2)9-25-36-13-15(30)8-24-19(31)5-6-26-20(32)7-18(39-3)23(26)33;1-4-15(11-22)29-19(13-24)27-14-16(12-23)30-18(26-3)10-21-28-9-7-5-6-8-17(25)20-2;1-3-9(4-13)19-12(7-16)18-8-10(5-14)20-11(6-15)17-2;;;;;;;;;;/h9,15-18,21-22,27-30H,4-8,10-14H2,1-3H3,(H,24,31);10,15-16,18-19,22-24H,4-9,11-14H2,1-3H3,(H,20,25);6,9-14,16H,3-5,7-8H2,1-2H3;5*1H;2*1H3;;;/q;;;;;;;;;;;+2;+3/p-5/b25-9-;21-10-;;;;;;;;;;;. The molecular formula is C54H109I5N5O29P2SV3. The van der Waals surface area contributed by atoms with Gasteiger partial charge in [-0.05, 0) is 44.8 Å². The smallest absolute Gasteiger partial charge is 0 e. The van der Waals surface area contributed by atoms with Gasteiger partial charge in [0.2, 0.25) is 29.9 Å². The number of halogens is 5. The minimum atomic E-state index is -1.09. The molecule has 1 radical (unpaired) electrons. The summed E-state index contributed by atoms with van der Waals surface area (Å²) in [4.78, 5) is 68.5. The average molecular weight is 2170 g/mol. The minimum absolute atomic E-state index is 0. The molecule has 34 nitrogen and oxygen atoms in total. The van der Waals surface area contributed by atoms with E-state index in [0.717, 1.165) is 30.4 Å². The Labute approximate surface area is 671 Å². The number of hydrogen-bond acceptors (Lipinski definition) is 32. The molecule has 16 atom stereocenters. The van der Waals surface area contributed by atoms with Crippen molar-refractivity contribution in [2.45, 2.75) is 164 Å². The number of unbranched alkanes of at least 4 members (excludes halogenated alkanes) is 2. The van der Waals surface area contributed by atoms with Gasteiger partial charge >= 0.3 is 114 Å². The SMILES string of the molecule is CCC(CO)OC(CO)OCC(CO)OC(/C=N\OCC(O)CNC(=O)CCN1C(=O)CC(SC)C1=O)OC.CCC(CO)OC(CO)OCC(CO)OC(/C=N\OCCCCCC(=O)NC)OC.CCC(CO)OC(CO)OCC(CO)OC(C=O)OC.P.P.[I][V]([I])[I].[I][V][I].[V]. The Hall–Kier alpha value is 2.42. The number of carbonyl (C=O) groups is 5. The molecule has 0 bridgehead atoms. The van der Waals surface area contributed by atoms with Crippen molar-refractivity contribution >= 4 is 174 Å². The van der Waals surface area contributed by atoms with Gasteiger partial charge < -0.3 is 128 Å². The fourth-order valence-corrected chi connectivity index (χ4v) is 7.34. The molecule has 0 aromatic heterocycles. The van der Waals surface area contributed by atoms with Crippen molar-refractivity contribution in [3.63, 3.8) is 0 Å². The molecule has 45 heteroatoms. The Bertz CT molecular complexity index is 1920. The second-order valence-electron chi connectivity index (χ2n) is 19.1. The van der Waals surface area contributed by atoms with E-state index in [-0.39, 0.29) is 146 Å². The summed E-state index contributed by atoms with van der Waals surface area (Å²) in [5.41, 5.74) is 0. The first-order valence-corrected chi connectivity index (χ1v) is 53.7. The summed E-state index contributed by atoms with van der Waals surface area (Å²) in [5, 5.41) is 105. The Morgan fingerprint density at radius 2 is 1.00 bits per heavy atom. The number of likely N-dealkylation sites (tertiary alicyclic amines) is 1. The molecule has 0 aromatic carbocycles. The number of aliphatic hydroxyl groups excluding tert-OH is 10. The van der Waals surface area contributed by atoms with Crippen LogP contribution < -0.4 is 10.6 Å². The molecule has 590 valence electrons. The van der Waals surface area contributed by atoms with Gasteiger partial charge in [-0.15, -0.1) is 0 Å². The van der Waals surface area contributed by atoms with Crippen molar-refractivity contribution < 1.29 is 174 Å². The van der Waals surface area contributed by atoms with Crippen LogP contribution in [-0.2, 0) is 123 Å². The number of aldehydes is 1. The number of rotatable bonds is 55. The van der Waals surface area contributed by atoms with E-state index in [1.54, 1.807) is 20.2 Å². The Morgan fingerprint density at radius 3 is 1.32 bits per heavy atom. The van der Waals surface area contributed by atoms with E-state index in [1.165, 1.54) is 39.3 Å². The zero-order valence-electron chi connectivity index (χ0n) is 57.1. The van der Waals surface area contributed by atoms with E-state index in [9.17, 15) is 54.6 Å². The Morgan fingerprint density at radius 1 is 0.616 bits per heavy atom. The van der Waals surface area contributed by atoms with E-state index in [0.29, 0.717) is 48.0 Å². The largest absolute Gasteiger partial charge is 0 e. The fourth-order valence-electron chi connectivity index (χ4n) is 6.70. The summed E-state index contributed by atoms with van der Waals surface area (Å²) in [6, 6.07) is 0. The number of thioether (sulfide) groups is 1. The summed E-state index contributed by atoms with van der Waals surface area (Å²) < 4.78 is 63.1. The normalized spacial score (nSPS) is 16.6. The summed E-state index contributed by atoms with van der Waals surface area (Å²) in [6.45, 7) is 2.05. The van der Waals surface area contributed by atoms with Crippen LogP contribution in [0.25, 0.3) is 0 Å². The molecule has 99 heavy (non-hydrogen) atoms. The second kappa shape index (κ2) is 81.4. The van der Waals surface area contributed by atoms with Crippen LogP contribution in [0.15, 0.2) is 10.3 Å². The summed E-state index contributed by atoms with van der Waals surface area (Å²) in [6.07, 6.45) is -1.60. The van der Waals surface area contributed by atoms with Crippen LogP contribution in [-0.4, -0.2) is 324 Å². The van der Waals surface area contributed by atoms with Gasteiger partial charge in [0.25, 0.3) is 0 Å². The second-order valence-corrected chi connectivity index (χ2v) is 67.3. The van der Waals surface area contributed by atoms with Gasteiger partial charge in [-0.1, -0.05) is 31.1 Å². The molecule has 0 aliphatic carbocycles. The number of amides is 4. The molecule has 4 amide bonds. The van der Waals surface area contributed by atoms with Crippen molar-refractivity contribution in [1.82, 2.24) is 15.5 Å². The van der Waals surface area contributed by atoms with Crippen LogP contribution in [0.3, 0.4) is 0 Å². The predicted octanol–water partition coefficient (Wildman–Crippen LogP) is 0.782. The number of carbonyl (C=O) groups excluding carboxylic acids is 5. The van der Waals surface area contributed by atoms with Crippen molar-refractivity contribution in [2.75, 3.05) is 140 Å². The predicted molar refractivity (Wildman–Crippen MR) is 408 cm³/mol. The summed E-state index contributed by atoms with van der Waals surface area (Å²) in [5.74, 6) is -1.02. The van der Waals surface area contributed by atoms with Crippen LogP contribution in [0.1, 0.15) is 78.6 Å². The van der Waals surface area contributed by atoms with Crippen LogP contribution in [0.5, 0.6) is 0 Å². The fraction of sp³-hybridized carbons (Fsp3) is 0.870. The van der Waals surface area contributed by atoms with Gasteiger partial charge in [-0.25, -0.2) is 0 Å². The Balaban J connectivity index is -0.000000251. The van der Waals surface area contributed by atoms with Crippen LogP contribution in [0.2, 0.25) is 0 Å². The minimum Gasteiger partial charge on any atom is 0 e. The maximum atomic E-state index is 12.1. The van der Waals surface area contributed by atoms with Crippen molar-refractivity contribution in [2.24, 2.45) is 10.3 Å². The number of ether oxygens (including phenoxy) is 12. The number of hydrogen-bond donors (Lipinski definition) is 12. The van der Waals surface area contributed by atoms with Gasteiger partial charge in [0.15, 0.2) is 37.7 Å². The quantitative estimate of drug-likeness (QED) is 0.00585. The van der Waals surface area contributed by atoms with E-state index in [4.69, 9.17) is 86.9 Å². The molecule has 1 heterocycles.